The largest absolute Gasteiger partial charge is 0.416 e. The van der Waals surface area contributed by atoms with Crippen LogP contribution in [0.15, 0.2) is 18.2 Å². The van der Waals surface area contributed by atoms with Crippen LogP contribution in [0.1, 0.15) is 15.9 Å². The first-order chi connectivity index (χ1) is 8.66. The molecule has 19 heavy (non-hydrogen) atoms. The van der Waals surface area contributed by atoms with Gasteiger partial charge in [0.05, 0.1) is 17.6 Å². The van der Waals surface area contributed by atoms with E-state index in [-0.39, 0.29) is 0 Å². The summed E-state index contributed by atoms with van der Waals surface area (Å²) in [6, 6.07) is 1.65. The van der Waals surface area contributed by atoms with E-state index in [1.165, 1.54) is 7.05 Å². The fourth-order valence-corrected chi connectivity index (χ4v) is 1.27. The number of hydrogen-bond donors (Lipinski definition) is 0. The number of nitrogens with zero attached hydrogens (tertiary/aromatic N) is 2. The molecule has 0 radical (unpaired) electrons. The van der Waals surface area contributed by atoms with Crippen LogP contribution in [0.3, 0.4) is 0 Å². The molecule has 0 aliphatic heterocycles. The zero-order valence-corrected chi connectivity index (χ0v) is 9.89. The highest BCUT2D eigenvalue weighted by atomic mass is 19.4. The number of nitro benzene ring substituents is 1. The van der Waals surface area contributed by atoms with Crippen LogP contribution >= 0.6 is 0 Å². The number of alkyl halides is 3. The molecule has 0 saturated carbocycles. The molecule has 0 spiro atoms. The molecule has 0 N–H and O–H groups in total. The topological polar surface area (TPSA) is 72.7 Å². The van der Waals surface area contributed by atoms with Crippen molar-refractivity contribution in [2.45, 2.75) is 6.18 Å². The van der Waals surface area contributed by atoms with E-state index in [0.717, 1.165) is 13.2 Å². The van der Waals surface area contributed by atoms with E-state index in [1.807, 2.05) is 0 Å². The minimum Gasteiger partial charge on any atom is -0.274 e. The van der Waals surface area contributed by atoms with Crippen molar-refractivity contribution in [2.75, 3.05) is 14.2 Å². The molecule has 1 aromatic carbocycles. The standard InChI is InChI=1S/C10H9F3N2O4/c1-14(19-2)9(16)6-3-7(10(11,12)13)5-8(4-6)15(17)18/h3-5H,1-2H3. The number of hydrogen-bond acceptors (Lipinski definition) is 4. The zero-order chi connectivity index (χ0) is 14.8. The molecule has 0 atom stereocenters. The molecule has 9 heteroatoms. The Kier molecular flexibility index (Phi) is 4.10. The Labute approximate surface area is 105 Å². The van der Waals surface area contributed by atoms with Gasteiger partial charge in [0, 0.05) is 24.7 Å². The third kappa shape index (κ3) is 3.41. The van der Waals surface area contributed by atoms with Crippen LogP contribution in [0.4, 0.5) is 18.9 Å². The normalized spacial score (nSPS) is 11.2. The van der Waals surface area contributed by atoms with Gasteiger partial charge in [-0.1, -0.05) is 0 Å². The fourth-order valence-electron chi connectivity index (χ4n) is 1.27. The number of carbonyl (C=O) groups excluding carboxylic acids is 1. The van der Waals surface area contributed by atoms with Crippen LogP contribution in [0.5, 0.6) is 0 Å². The Morgan fingerprint density at radius 2 is 1.95 bits per heavy atom. The summed E-state index contributed by atoms with van der Waals surface area (Å²) in [6.45, 7) is 0. The lowest BCUT2D eigenvalue weighted by Gasteiger charge is -2.14. The summed E-state index contributed by atoms with van der Waals surface area (Å²) in [7, 11) is 2.31. The molecule has 0 saturated heterocycles. The summed E-state index contributed by atoms with van der Waals surface area (Å²) < 4.78 is 37.7. The number of carbonyl (C=O) groups is 1. The second-order valence-electron chi connectivity index (χ2n) is 3.51. The highest BCUT2D eigenvalue weighted by molar-refractivity contribution is 5.94. The van der Waals surface area contributed by atoms with E-state index in [1.54, 1.807) is 0 Å². The quantitative estimate of drug-likeness (QED) is 0.628. The van der Waals surface area contributed by atoms with Crippen molar-refractivity contribution in [3.8, 4) is 0 Å². The third-order valence-electron chi connectivity index (χ3n) is 2.26. The van der Waals surface area contributed by atoms with Gasteiger partial charge < -0.3 is 0 Å². The third-order valence-corrected chi connectivity index (χ3v) is 2.26. The molecule has 0 bridgehead atoms. The summed E-state index contributed by atoms with van der Waals surface area (Å²) in [6.07, 6.45) is -4.79. The lowest BCUT2D eigenvalue weighted by atomic mass is 10.1. The van der Waals surface area contributed by atoms with Crippen molar-refractivity contribution in [1.29, 1.82) is 0 Å². The zero-order valence-electron chi connectivity index (χ0n) is 9.89. The van der Waals surface area contributed by atoms with Crippen LogP contribution in [-0.2, 0) is 11.0 Å². The molecule has 0 aliphatic rings. The summed E-state index contributed by atoms with van der Waals surface area (Å²) in [5.41, 5.74) is -2.57. The van der Waals surface area contributed by atoms with Gasteiger partial charge >= 0.3 is 6.18 Å². The average Bonchev–Trinajstić information content (AvgIpc) is 2.35. The van der Waals surface area contributed by atoms with E-state index < -0.39 is 33.8 Å². The number of hydroxylamine groups is 2. The van der Waals surface area contributed by atoms with Crippen molar-refractivity contribution in [1.82, 2.24) is 5.06 Å². The maximum absolute atomic E-state index is 12.6. The van der Waals surface area contributed by atoms with E-state index in [4.69, 9.17) is 0 Å². The molecule has 0 aromatic heterocycles. The van der Waals surface area contributed by atoms with Crippen molar-refractivity contribution >= 4 is 11.6 Å². The van der Waals surface area contributed by atoms with Gasteiger partial charge in [0.15, 0.2) is 0 Å². The predicted octanol–water partition coefficient (Wildman–Crippen LogP) is 2.25. The SMILES string of the molecule is CON(C)C(=O)c1cc([N+](=O)[O-])cc(C(F)(F)F)c1. The minimum atomic E-state index is -4.79. The van der Waals surface area contributed by atoms with Crippen molar-refractivity contribution in [2.24, 2.45) is 0 Å². The Hall–Kier alpha value is -2.16. The van der Waals surface area contributed by atoms with Crippen LogP contribution in [-0.4, -0.2) is 30.1 Å². The van der Waals surface area contributed by atoms with Crippen molar-refractivity contribution in [3.05, 3.63) is 39.4 Å². The number of amides is 1. The summed E-state index contributed by atoms with van der Waals surface area (Å²) in [4.78, 5) is 25.7. The van der Waals surface area contributed by atoms with E-state index >= 15 is 0 Å². The molecule has 0 fully saturated rings. The van der Waals surface area contributed by atoms with Gasteiger partial charge in [-0.25, -0.2) is 5.06 Å². The monoisotopic (exact) mass is 278 g/mol. The van der Waals surface area contributed by atoms with Crippen LogP contribution < -0.4 is 0 Å². The molecule has 1 aromatic rings. The van der Waals surface area contributed by atoms with Crippen LogP contribution in [0, 0.1) is 10.1 Å². The lowest BCUT2D eigenvalue weighted by molar-refractivity contribution is -0.385. The molecule has 0 aliphatic carbocycles. The van der Waals surface area contributed by atoms with Crippen LogP contribution in [0.25, 0.3) is 0 Å². The molecule has 104 valence electrons. The molecule has 0 unspecified atom stereocenters. The summed E-state index contributed by atoms with van der Waals surface area (Å²) in [5.74, 6) is -0.920. The lowest BCUT2D eigenvalue weighted by Crippen LogP contribution is -2.25. The Morgan fingerprint density at radius 3 is 2.37 bits per heavy atom. The Balaban J connectivity index is 3.37. The molecule has 0 heterocycles. The van der Waals surface area contributed by atoms with Crippen molar-refractivity contribution in [3.63, 3.8) is 0 Å². The molecule has 1 rings (SSSR count). The van der Waals surface area contributed by atoms with Crippen molar-refractivity contribution < 1.29 is 27.7 Å². The predicted molar refractivity (Wildman–Crippen MR) is 57.2 cm³/mol. The minimum absolute atomic E-state index is 0.365. The van der Waals surface area contributed by atoms with Gasteiger partial charge in [-0.15, -0.1) is 0 Å². The Bertz CT molecular complexity index is 516. The summed E-state index contributed by atoms with van der Waals surface area (Å²) >= 11 is 0. The highest BCUT2D eigenvalue weighted by Gasteiger charge is 2.33. The second-order valence-corrected chi connectivity index (χ2v) is 3.51. The first kappa shape index (κ1) is 14.9. The second kappa shape index (κ2) is 5.22. The van der Waals surface area contributed by atoms with Gasteiger partial charge in [0.25, 0.3) is 11.6 Å². The average molecular weight is 278 g/mol. The first-order valence-corrected chi connectivity index (χ1v) is 4.85. The smallest absolute Gasteiger partial charge is 0.274 e. The fraction of sp³-hybridized carbons (Fsp3) is 0.300. The molecule has 6 nitrogen and oxygen atoms in total. The Morgan fingerprint density at radius 1 is 1.37 bits per heavy atom. The number of non-ortho nitro benzene ring substituents is 1. The van der Waals surface area contributed by atoms with Gasteiger partial charge in [0.2, 0.25) is 0 Å². The molecular formula is C10H9F3N2O4. The van der Waals surface area contributed by atoms with Gasteiger partial charge in [-0.05, 0) is 6.07 Å². The number of benzene rings is 1. The maximum Gasteiger partial charge on any atom is 0.416 e. The maximum atomic E-state index is 12.6. The van der Waals surface area contributed by atoms with Crippen LogP contribution in [0.2, 0.25) is 0 Å². The summed E-state index contributed by atoms with van der Waals surface area (Å²) in [5, 5.41) is 11.2. The molecular weight excluding hydrogens is 269 g/mol. The first-order valence-electron chi connectivity index (χ1n) is 4.85. The van der Waals surface area contributed by atoms with Gasteiger partial charge in [-0.3, -0.25) is 19.7 Å². The van der Waals surface area contributed by atoms with E-state index in [9.17, 15) is 28.1 Å². The van der Waals surface area contributed by atoms with E-state index in [0.29, 0.717) is 17.2 Å². The van der Waals surface area contributed by atoms with E-state index in [2.05, 4.69) is 4.84 Å². The number of halogens is 3. The highest BCUT2D eigenvalue weighted by Crippen LogP contribution is 2.32. The number of rotatable bonds is 3. The van der Waals surface area contributed by atoms with Gasteiger partial charge in [-0.2, -0.15) is 13.2 Å². The number of nitro groups is 1. The molecule has 1 amide bonds. The van der Waals surface area contributed by atoms with Gasteiger partial charge in [0.1, 0.15) is 0 Å².